The molecule has 1 N–H and O–H groups in total. The first kappa shape index (κ1) is 18.6. The summed E-state index contributed by atoms with van der Waals surface area (Å²) in [5.74, 6) is -0.0398. The fourth-order valence-corrected chi connectivity index (χ4v) is 1.85. The SMILES string of the molecule is CNCCN(C)C(=O)c1nccc2ccccc12.Cl.Cl. The lowest BCUT2D eigenvalue weighted by Gasteiger charge is -2.17. The molecule has 0 unspecified atom stereocenters. The molecule has 20 heavy (non-hydrogen) atoms. The zero-order valence-corrected chi connectivity index (χ0v) is 13.1. The van der Waals surface area contributed by atoms with E-state index in [4.69, 9.17) is 0 Å². The zero-order chi connectivity index (χ0) is 13.0. The van der Waals surface area contributed by atoms with Gasteiger partial charge in [0.15, 0.2) is 0 Å². The molecule has 0 spiro atoms. The zero-order valence-electron chi connectivity index (χ0n) is 11.5. The van der Waals surface area contributed by atoms with Crippen LogP contribution in [0.25, 0.3) is 10.8 Å². The topological polar surface area (TPSA) is 45.2 Å². The molecule has 0 atom stereocenters. The van der Waals surface area contributed by atoms with Crippen molar-refractivity contribution < 1.29 is 4.79 Å². The lowest BCUT2D eigenvalue weighted by atomic mass is 10.1. The minimum absolute atomic E-state index is 0. The Kier molecular flexibility index (Phi) is 8.15. The van der Waals surface area contributed by atoms with Crippen LogP contribution in [0.5, 0.6) is 0 Å². The number of carbonyl (C=O) groups excluding carboxylic acids is 1. The summed E-state index contributed by atoms with van der Waals surface area (Å²) >= 11 is 0. The Bertz CT molecular complexity index is 558. The normalized spacial score (nSPS) is 9.50. The number of pyridine rings is 1. The van der Waals surface area contributed by atoms with Gasteiger partial charge >= 0.3 is 0 Å². The summed E-state index contributed by atoms with van der Waals surface area (Å²) in [5, 5.41) is 4.97. The first-order valence-corrected chi connectivity index (χ1v) is 5.98. The highest BCUT2D eigenvalue weighted by Gasteiger charge is 2.15. The van der Waals surface area contributed by atoms with E-state index in [1.54, 1.807) is 18.1 Å². The van der Waals surface area contributed by atoms with Gasteiger partial charge in [-0.05, 0) is 18.5 Å². The van der Waals surface area contributed by atoms with Gasteiger partial charge < -0.3 is 10.2 Å². The summed E-state index contributed by atoms with van der Waals surface area (Å²) in [6.07, 6.45) is 1.68. The molecule has 0 fully saturated rings. The van der Waals surface area contributed by atoms with Gasteiger partial charge in [-0.15, -0.1) is 24.8 Å². The molecule has 0 bridgehead atoms. The van der Waals surface area contributed by atoms with Gasteiger partial charge in [-0.2, -0.15) is 0 Å². The van der Waals surface area contributed by atoms with Crippen LogP contribution in [0.1, 0.15) is 10.5 Å². The molecule has 2 rings (SSSR count). The second kappa shape index (κ2) is 8.74. The van der Waals surface area contributed by atoms with E-state index in [2.05, 4.69) is 10.3 Å². The van der Waals surface area contributed by atoms with E-state index >= 15 is 0 Å². The molecule has 0 radical (unpaired) electrons. The fourth-order valence-electron chi connectivity index (χ4n) is 1.85. The van der Waals surface area contributed by atoms with Gasteiger partial charge in [0.1, 0.15) is 5.69 Å². The van der Waals surface area contributed by atoms with E-state index in [0.29, 0.717) is 12.2 Å². The quantitative estimate of drug-likeness (QED) is 0.942. The lowest BCUT2D eigenvalue weighted by molar-refractivity contribution is 0.0793. The fraction of sp³-hybridized carbons (Fsp3) is 0.286. The Morgan fingerprint density at radius 2 is 1.95 bits per heavy atom. The van der Waals surface area contributed by atoms with E-state index < -0.39 is 0 Å². The van der Waals surface area contributed by atoms with Crippen LogP contribution in [-0.2, 0) is 0 Å². The summed E-state index contributed by atoms with van der Waals surface area (Å²) < 4.78 is 0. The lowest BCUT2D eigenvalue weighted by Crippen LogP contribution is -2.33. The maximum absolute atomic E-state index is 12.3. The maximum Gasteiger partial charge on any atom is 0.272 e. The molecule has 4 nitrogen and oxygen atoms in total. The number of rotatable bonds is 4. The Morgan fingerprint density at radius 1 is 1.25 bits per heavy atom. The molecule has 0 saturated carbocycles. The van der Waals surface area contributed by atoms with E-state index in [0.717, 1.165) is 17.3 Å². The van der Waals surface area contributed by atoms with Gasteiger partial charge in [-0.25, -0.2) is 0 Å². The number of benzene rings is 1. The predicted octanol–water partition coefficient (Wildman–Crippen LogP) is 2.37. The van der Waals surface area contributed by atoms with Crippen LogP contribution in [-0.4, -0.2) is 43.0 Å². The Morgan fingerprint density at radius 3 is 2.65 bits per heavy atom. The number of fused-ring (bicyclic) bond motifs is 1. The molecule has 1 aromatic carbocycles. The smallest absolute Gasteiger partial charge is 0.272 e. The summed E-state index contributed by atoms with van der Waals surface area (Å²) in [6, 6.07) is 9.72. The average molecular weight is 316 g/mol. The van der Waals surface area contributed by atoms with Crippen molar-refractivity contribution in [1.82, 2.24) is 15.2 Å². The van der Waals surface area contributed by atoms with Gasteiger partial charge in [-0.3, -0.25) is 9.78 Å². The van der Waals surface area contributed by atoms with Crippen molar-refractivity contribution in [2.75, 3.05) is 27.2 Å². The molecule has 6 heteroatoms. The Balaban J connectivity index is 0.00000180. The van der Waals surface area contributed by atoms with Gasteiger partial charge in [0.25, 0.3) is 5.91 Å². The van der Waals surface area contributed by atoms with Crippen molar-refractivity contribution in [3.63, 3.8) is 0 Å². The summed E-state index contributed by atoms with van der Waals surface area (Å²) in [6.45, 7) is 1.44. The van der Waals surface area contributed by atoms with Crippen molar-refractivity contribution >= 4 is 41.5 Å². The summed E-state index contributed by atoms with van der Waals surface area (Å²) in [4.78, 5) is 18.2. The number of nitrogens with zero attached hydrogens (tertiary/aromatic N) is 2. The molecular formula is C14H19Cl2N3O. The number of aromatic nitrogens is 1. The minimum atomic E-state index is -0.0398. The highest BCUT2D eigenvalue weighted by molar-refractivity contribution is 6.04. The van der Waals surface area contributed by atoms with Crippen LogP contribution in [0.3, 0.4) is 0 Å². The second-order valence-electron chi connectivity index (χ2n) is 4.21. The molecule has 2 aromatic rings. The monoisotopic (exact) mass is 315 g/mol. The highest BCUT2D eigenvalue weighted by atomic mass is 35.5. The van der Waals surface area contributed by atoms with E-state index in [1.807, 2.05) is 37.4 Å². The third-order valence-corrected chi connectivity index (χ3v) is 2.92. The second-order valence-corrected chi connectivity index (χ2v) is 4.21. The maximum atomic E-state index is 12.3. The molecule has 110 valence electrons. The van der Waals surface area contributed by atoms with Gasteiger partial charge in [0.2, 0.25) is 0 Å². The number of nitrogens with one attached hydrogen (secondary N) is 1. The van der Waals surface area contributed by atoms with Crippen LogP contribution in [0.4, 0.5) is 0 Å². The molecule has 0 saturated heterocycles. The number of amides is 1. The third-order valence-electron chi connectivity index (χ3n) is 2.92. The minimum Gasteiger partial charge on any atom is -0.339 e. The molecule has 0 aliphatic heterocycles. The molecular weight excluding hydrogens is 297 g/mol. The molecule has 0 aliphatic carbocycles. The number of hydrogen-bond acceptors (Lipinski definition) is 3. The average Bonchev–Trinajstić information content (AvgIpc) is 2.43. The first-order chi connectivity index (χ1) is 8.74. The van der Waals surface area contributed by atoms with Crippen LogP contribution < -0.4 is 5.32 Å². The Labute approximate surface area is 131 Å². The molecule has 1 heterocycles. The molecule has 1 aromatic heterocycles. The van der Waals surface area contributed by atoms with E-state index in [1.165, 1.54) is 0 Å². The van der Waals surface area contributed by atoms with Crippen molar-refractivity contribution in [3.05, 3.63) is 42.2 Å². The van der Waals surface area contributed by atoms with Crippen molar-refractivity contribution in [1.29, 1.82) is 0 Å². The van der Waals surface area contributed by atoms with E-state index in [-0.39, 0.29) is 30.7 Å². The van der Waals surface area contributed by atoms with Crippen LogP contribution in [0.15, 0.2) is 36.5 Å². The van der Waals surface area contributed by atoms with Crippen molar-refractivity contribution in [2.24, 2.45) is 0 Å². The van der Waals surface area contributed by atoms with Crippen molar-refractivity contribution in [2.45, 2.75) is 0 Å². The largest absolute Gasteiger partial charge is 0.339 e. The summed E-state index contributed by atoms with van der Waals surface area (Å²) in [7, 11) is 3.66. The van der Waals surface area contributed by atoms with Gasteiger partial charge in [0.05, 0.1) is 0 Å². The number of carbonyl (C=O) groups is 1. The van der Waals surface area contributed by atoms with Crippen LogP contribution in [0.2, 0.25) is 0 Å². The highest BCUT2D eigenvalue weighted by Crippen LogP contribution is 2.17. The third kappa shape index (κ3) is 4.07. The first-order valence-electron chi connectivity index (χ1n) is 5.98. The molecule has 1 amide bonds. The predicted molar refractivity (Wildman–Crippen MR) is 87.1 cm³/mol. The molecule has 0 aliphatic rings. The standard InChI is InChI=1S/C14H17N3O.2ClH/c1-15-9-10-17(2)14(18)13-12-6-4-3-5-11(12)7-8-16-13;;/h3-8,15H,9-10H2,1-2H3;2*1H. The van der Waals surface area contributed by atoms with E-state index in [9.17, 15) is 4.79 Å². The van der Waals surface area contributed by atoms with Gasteiger partial charge in [0, 0.05) is 31.7 Å². The van der Waals surface area contributed by atoms with Crippen LogP contribution >= 0.6 is 24.8 Å². The number of hydrogen-bond donors (Lipinski definition) is 1. The Hall–Kier alpha value is -1.36. The van der Waals surface area contributed by atoms with Crippen molar-refractivity contribution in [3.8, 4) is 0 Å². The number of likely N-dealkylation sites (N-methyl/N-ethyl adjacent to an activating group) is 2. The summed E-state index contributed by atoms with van der Waals surface area (Å²) in [5.41, 5.74) is 0.520. The van der Waals surface area contributed by atoms with Crippen LogP contribution in [0, 0.1) is 0 Å². The van der Waals surface area contributed by atoms with Gasteiger partial charge in [-0.1, -0.05) is 24.3 Å². The number of halogens is 2.